The van der Waals surface area contributed by atoms with Crippen LogP contribution in [0.2, 0.25) is 0 Å². The number of rotatable bonds is 7. The van der Waals surface area contributed by atoms with Gasteiger partial charge in [0.1, 0.15) is 0 Å². The van der Waals surface area contributed by atoms with Gasteiger partial charge in [-0.1, -0.05) is 111 Å². The Bertz CT molecular complexity index is 652. The first-order valence-electron chi connectivity index (χ1n) is 9.31. The molecule has 0 saturated heterocycles. The minimum Gasteiger partial charge on any atom is -0.0761 e. The molecule has 0 aliphatic heterocycles. The lowest BCUT2D eigenvalue weighted by Gasteiger charge is -2.41. The van der Waals surface area contributed by atoms with Crippen LogP contribution in [0.15, 0.2) is 84.5 Å². The Morgan fingerprint density at radius 1 is 0.833 bits per heavy atom. The van der Waals surface area contributed by atoms with E-state index in [-0.39, 0.29) is 5.41 Å². The summed E-state index contributed by atoms with van der Waals surface area (Å²) < 4.78 is 0. The molecular weight excluding hydrogens is 288 g/mol. The Labute approximate surface area is 146 Å². The highest BCUT2D eigenvalue weighted by Crippen LogP contribution is 2.49. The highest BCUT2D eigenvalue weighted by atomic mass is 14.4. The molecule has 1 atom stereocenters. The standard InChI is InChI=1S/C24H28/c1-3-5-19-24(21-14-8-6-9-15-21,22-16-10-7-11-17-22)23-18-12-13-20(23)4-2/h6-18,23H,3-5,19H2,1-2H3. The maximum absolute atomic E-state index is 2.43. The Hall–Kier alpha value is -2.08. The van der Waals surface area contributed by atoms with Crippen molar-refractivity contribution < 1.29 is 0 Å². The molecule has 0 aromatic heterocycles. The molecule has 0 radical (unpaired) electrons. The largest absolute Gasteiger partial charge is 0.0761 e. The van der Waals surface area contributed by atoms with E-state index >= 15 is 0 Å². The second-order valence-electron chi connectivity index (χ2n) is 6.76. The zero-order valence-corrected chi connectivity index (χ0v) is 14.9. The average Bonchev–Trinajstić information content (AvgIpc) is 3.13. The highest BCUT2D eigenvalue weighted by Gasteiger charge is 2.42. The number of allylic oxidation sites excluding steroid dienone is 4. The lowest BCUT2D eigenvalue weighted by Crippen LogP contribution is -2.36. The van der Waals surface area contributed by atoms with Gasteiger partial charge in [0.15, 0.2) is 0 Å². The summed E-state index contributed by atoms with van der Waals surface area (Å²) in [5.41, 5.74) is 4.48. The topological polar surface area (TPSA) is 0 Å². The van der Waals surface area contributed by atoms with Crippen molar-refractivity contribution in [1.82, 2.24) is 0 Å². The van der Waals surface area contributed by atoms with Gasteiger partial charge in [-0.2, -0.15) is 0 Å². The molecule has 1 aliphatic carbocycles. The first kappa shape index (κ1) is 16.8. The van der Waals surface area contributed by atoms with Gasteiger partial charge < -0.3 is 0 Å². The van der Waals surface area contributed by atoms with Crippen LogP contribution in [0.5, 0.6) is 0 Å². The third-order valence-corrected chi connectivity index (χ3v) is 5.46. The molecule has 0 heterocycles. The fourth-order valence-corrected chi connectivity index (χ4v) is 4.23. The molecule has 2 aromatic rings. The molecule has 0 saturated carbocycles. The molecular formula is C24H28. The molecule has 0 spiro atoms. The fraction of sp³-hybridized carbons (Fsp3) is 0.333. The molecule has 0 fully saturated rings. The van der Waals surface area contributed by atoms with Gasteiger partial charge >= 0.3 is 0 Å². The van der Waals surface area contributed by atoms with Crippen LogP contribution in [0, 0.1) is 5.92 Å². The minimum atomic E-state index is 0.0351. The summed E-state index contributed by atoms with van der Waals surface area (Å²) in [5.74, 6) is 0.457. The molecule has 1 unspecified atom stereocenters. The Balaban J connectivity index is 2.21. The van der Waals surface area contributed by atoms with Crippen LogP contribution in [0.4, 0.5) is 0 Å². The van der Waals surface area contributed by atoms with Crippen molar-refractivity contribution >= 4 is 0 Å². The zero-order chi connectivity index (χ0) is 16.8. The fourth-order valence-electron chi connectivity index (χ4n) is 4.23. The molecule has 0 N–H and O–H groups in total. The summed E-state index contributed by atoms with van der Waals surface area (Å²) in [5, 5.41) is 0. The van der Waals surface area contributed by atoms with Crippen LogP contribution in [-0.2, 0) is 5.41 Å². The van der Waals surface area contributed by atoms with Gasteiger partial charge in [0.2, 0.25) is 0 Å². The first-order valence-corrected chi connectivity index (χ1v) is 9.31. The van der Waals surface area contributed by atoms with Gasteiger partial charge in [0.25, 0.3) is 0 Å². The molecule has 124 valence electrons. The predicted molar refractivity (Wildman–Crippen MR) is 104 cm³/mol. The zero-order valence-electron chi connectivity index (χ0n) is 14.9. The monoisotopic (exact) mass is 316 g/mol. The second-order valence-corrected chi connectivity index (χ2v) is 6.76. The van der Waals surface area contributed by atoms with Gasteiger partial charge in [-0.25, -0.2) is 0 Å². The van der Waals surface area contributed by atoms with Crippen LogP contribution in [0.25, 0.3) is 0 Å². The SMILES string of the molecule is CCCCC(c1ccccc1)(c1ccccc1)C1C=CC=C1CC. The summed E-state index contributed by atoms with van der Waals surface area (Å²) in [7, 11) is 0. The van der Waals surface area contributed by atoms with E-state index < -0.39 is 0 Å². The average molecular weight is 316 g/mol. The molecule has 0 heteroatoms. The minimum absolute atomic E-state index is 0.0351. The van der Waals surface area contributed by atoms with Gasteiger partial charge in [-0.15, -0.1) is 0 Å². The Kier molecular flexibility index (Phi) is 5.35. The van der Waals surface area contributed by atoms with Crippen LogP contribution in [-0.4, -0.2) is 0 Å². The summed E-state index contributed by atoms with van der Waals surface area (Å²) in [6, 6.07) is 22.3. The third kappa shape index (κ3) is 2.98. The predicted octanol–water partition coefficient (Wildman–Crippen LogP) is 6.69. The molecule has 2 aromatic carbocycles. The van der Waals surface area contributed by atoms with Gasteiger partial charge in [-0.05, 0) is 24.0 Å². The molecule has 0 amide bonds. The van der Waals surface area contributed by atoms with Crippen molar-refractivity contribution in [2.45, 2.75) is 44.9 Å². The van der Waals surface area contributed by atoms with Crippen molar-refractivity contribution in [3.8, 4) is 0 Å². The van der Waals surface area contributed by atoms with Crippen molar-refractivity contribution in [2.75, 3.05) is 0 Å². The summed E-state index contributed by atoms with van der Waals surface area (Å²) >= 11 is 0. The number of hydrogen-bond acceptors (Lipinski definition) is 0. The van der Waals surface area contributed by atoms with E-state index in [0.717, 1.165) is 6.42 Å². The molecule has 0 bridgehead atoms. The van der Waals surface area contributed by atoms with Crippen LogP contribution in [0.3, 0.4) is 0 Å². The van der Waals surface area contributed by atoms with E-state index in [2.05, 4.69) is 92.7 Å². The Morgan fingerprint density at radius 2 is 1.42 bits per heavy atom. The van der Waals surface area contributed by atoms with Gasteiger partial charge in [0.05, 0.1) is 0 Å². The maximum Gasteiger partial charge on any atom is 0.0302 e. The lowest BCUT2D eigenvalue weighted by molar-refractivity contribution is 0.377. The van der Waals surface area contributed by atoms with Gasteiger partial charge in [-0.3, -0.25) is 0 Å². The van der Waals surface area contributed by atoms with Crippen molar-refractivity contribution in [2.24, 2.45) is 5.92 Å². The van der Waals surface area contributed by atoms with Crippen molar-refractivity contribution in [1.29, 1.82) is 0 Å². The number of benzene rings is 2. The lowest BCUT2D eigenvalue weighted by atomic mass is 9.61. The van der Waals surface area contributed by atoms with Crippen molar-refractivity contribution in [3.63, 3.8) is 0 Å². The first-order chi connectivity index (χ1) is 11.8. The molecule has 24 heavy (non-hydrogen) atoms. The van der Waals surface area contributed by atoms with Crippen LogP contribution >= 0.6 is 0 Å². The quantitative estimate of drug-likeness (QED) is 0.534. The van der Waals surface area contributed by atoms with E-state index in [1.165, 1.54) is 30.4 Å². The van der Waals surface area contributed by atoms with Gasteiger partial charge in [0, 0.05) is 11.3 Å². The maximum atomic E-state index is 2.43. The molecule has 3 rings (SSSR count). The molecule has 1 aliphatic rings. The third-order valence-electron chi connectivity index (χ3n) is 5.46. The van der Waals surface area contributed by atoms with Crippen LogP contribution in [0.1, 0.15) is 50.7 Å². The van der Waals surface area contributed by atoms with E-state index in [0.29, 0.717) is 5.92 Å². The van der Waals surface area contributed by atoms with E-state index in [4.69, 9.17) is 0 Å². The van der Waals surface area contributed by atoms with E-state index in [1.54, 1.807) is 5.57 Å². The second kappa shape index (κ2) is 7.66. The molecule has 0 nitrogen and oxygen atoms in total. The summed E-state index contributed by atoms with van der Waals surface area (Å²) in [6.07, 6.45) is 11.8. The number of unbranched alkanes of at least 4 members (excludes halogenated alkanes) is 1. The summed E-state index contributed by atoms with van der Waals surface area (Å²) in [6.45, 7) is 4.58. The van der Waals surface area contributed by atoms with E-state index in [9.17, 15) is 0 Å². The summed E-state index contributed by atoms with van der Waals surface area (Å²) in [4.78, 5) is 0. The van der Waals surface area contributed by atoms with Crippen LogP contribution < -0.4 is 0 Å². The highest BCUT2D eigenvalue weighted by molar-refractivity contribution is 5.47. The van der Waals surface area contributed by atoms with Crippen molar-refractivity contribution in [3.05, 3.63) is 95.6 Å². The Morgan fingerprint density at radius 3 is 1.92 bits per heavy atom. The smallest absolute Gasteiger partial charge is 0.0302 e. The normalized spacial score (nSPS) is 17.1. The van der Waals surface area contributed by atoms with E-state index in [1.807, 2.05) is 0 Å². The number of hydrogen-bond donors (Lipinski definition) is 0.